The maximum absolute atomic E-state index is 11.8. The van der Waals surface area contributed by atoms with Gasteiger partial charge in [0.25, 0.3) is 0 Å². The Morgan fingerprint density at radius 1 is 1.17 bits per heavy atom. The number of hydrogen-bond donors (Lipinski definition) is 1. The molecule has 0 saturated heterocycles. The Hall–Kier alpha value is -0.530. The minimum atomic E-state index is -0.503. The van der Waals surface area contributed by atoms with Crippen LogP contribution >= 0.6 is 0 Å². The first-order valence-electron chi connectivity index (χ1n) is 7.82. The lowest BCUT2D eigenvalue weighted by molar-refractivity contribution is -0.153. The summed E-state index contributed by atoms with van der Waals surface area (Å²) in [6.07, 6.45) is 10.6. The van der Waals surface area contributed by atoms with Gasteiger partial charge in [0.05, 0.1) is 5.41 Å². The predicted octanol–water partition coefficient (Wildman–Crippen LogP) is 4.09. The molecule has 3 atom stereocenters. The Morgan fingerprint density at radius 2 is 1.89 bits per heavy atom. The van der Waals surface area contributed by atoms with Gasteiger partial charge in [0.1, 0.15) is 0 Å². The van der Waals surface area contributed by atoms with Gasteiger partial charge in [-0.3, -0.25) is 4.79 Å². The maximum atomic E-state index is 11.8. The van der Waals surface area contributed by atoms with E-state index in [0.29, 0.717) is 0 Å². The molecule has 0 radical (unpaired) electrons. The van der Waals surface area contributed by atoms with Crippen LogP contribution in [0.1, 0.15) is 64.7 Å². The molecule has 1 N–H and O–H groups in total. The van der Waals surface area contributed by atoms with Gasteiger partial charge in [-0.2, -0.15) is 0 Å². The lowest BCUT2D eigenvalue weighted by Crippen LogP contribution is -2.37. The minimum absolute atomic E-state index is 0.359. The molecule has 3 aliphatic carbocycles. The summed E-state index contributed by atoms with van der Waals surface area (Å²) < 4.78 is 0. The molecule has 2 heteroatoms. The minimum Gasteiger partial charge on any atom is -0.481 e. The first-order chi connectivity index (χ1) is 8.59. The standard InChI is InChI=1S/C16H26O2/c1-11-4-6-16(7-5-11,15(17)18)10-14-9-12-2-3-13(14)8-12/h11-14H,2-10H2,1H3,(H,17,18). The Morgan fingerprint density at radius 3 is 2.39 bits per heavy atom. The molecule has 2 nitrogen and oxygen atoms in total. The van der Waals surface area contributed by atoms with Crippen molar-refractivity contribution in [1.82, 2.24) is 0 Å². The zero-order chi connectivity index (χ0) is 12.8. The number of carboxylic acids is 1. The van der Waals surface area contributed by atoms with Crippen LogP contribution in [0.15, 0.2) is 0 Å². The normalized spacial score (nSPS) is 47.4. The van der Waals surface area contributed by atoms with E-state index in [1.165, 1.54) is 25.7 Å². The molecular formula is C16H26O2. The van der Waals surface area contributed by atoms with Crippen molar-refractivity contribution >= 4 is 5.97 Å². The Bertz CT molecular complexity index is 328. The van der Waals surface area contributed by atoms with Crippen molar-refractivity contribution in [3.05, 3.63) is 0 Å². The lowest BCUT2D eigenvalue weighted by Gasteiger charge is -2.39. The molecule has 3 saturated carbocycles. The molecule has 18 heavy (non-hydrogen) atoms. The summed E-state index contributed by atoms with van der Waals surface area (Å²) in [4.78, 5) is 11.8. The summed E-state index contributed by atoms with van der Waals surface area (Å²) >= 11 is 0. The molecule has 3 fully saturated rings. The van der Waals surface area contributed by atoms with Crippen LogP contribution in [0.5, 0.6) is 0 Å². The lowest BCUT2D eigenvalue weighted by atomic mass is 9.65. The van der Waals surface area contributed by atoms with E-state index in [9.17, 15) is 9.90 Å². The monoisotopic (exact) mass is 250 g/mol. The third-order valence-corrected chi connectivity index (χ3v) is 6.22. The van der Waals surface area contributed by atoms with Crippen LogP contribution < -0.4 is 0 Å². The molecular weight excluding hydrogens is 224 g/mol. The number of aliphatic carboxylic acids is 1. The molecule has 3 aliphatic rings. The van der Waals surface area contributed by atoms with Crippen molar-refractivity contribution in [1.29, 1.82) is 0 Å². The third kappa shape index (κ3) is 2.08. The quantitative estimate of drug-likeness (QED) is 0.819. The van der Waals surface area contributed by atoms with Crippen LogP contribution in [0.25, 0.3) is 0 Å². The summed E-state index contributed by atoms with van der Waals surface area (Å²) in [6, 6.07) is 0. The van der Waals surface area contributed by atoms with Crippen molar-refractivity contribution in [2.24, 2.45) is 29.1 Å². The zero-order valence-corrected chi connectivity index (χ0v) is 11.5. The summed E-state index contributed by atoms with van der Waals surface area (Å²) in [5.41, 5.74) is -0.359. The Kier molecular flexibility index (Phi) is 3.15. The Labute approximate surface area is 110 Å². The molecule has 0 aromatic rings. The van der Waals surface area contributed by atoms with Crippen LogP contribution in [-0.4, -0.2) is 11.1 Å². The fraction of sp³-hybridized carbons (Fsp3) is 0.938. The molecule has 102 valence electrons. The van der Waals surface area contributed by atoms with Gasteiger partial charge in [-0.25, -0.2) is 0 Å². The fourth-order valence-electron chi connectivity index (χ4n) is 4.95. The molecule has 2 bridgehead atoms. The molecule has 0 aromatic carbocycles. The van der Waals surface area contributed by atoms with Crippen molar-refractivity contribution in [2.45, 2.75) is 64.7 Å². The smallest absolute Gasteiger partial charge is 0.309 e. The second kappa shape index (κ2) is 4.54. The predicted molar refractivity (Wildman–Crippen MR) is 71.3 cm³/mol. The molecule has 0 aromatic heterocycles. The summed E-state index contributed by atoms with van der Waals surface area (Å²) in [7, 11) is 0. The maximum Gasteiger partial charge on any atom is 0.309 e. The topological polar surface area (TPSA) is 37.3 Å². The SMILES string of the molecule is CC1CCC(CC2CC3CCC2C3)(C(=O)O)CC1. The number of rotatable bonds is 3. The second-order valence-corrected chi connectivity index (χ2v) is 7.41. The molecule has 3 unspecified atom stereocenters. The van der Waals surface area contributed by atoms with E-state index in [1.54, 1.807) is 0 Å². The molecule has 0 amide bonds. The van der Waals surface area contributed by atoms with E-state index in [1.807, 2.05) is 0 Å². The van der Waals surface area contributed by atoms with Gasteiger partial charge in [0, 0.05) is 0 Å². The number of hydrogen-bond acceptors (Lipinski definition) is 1. The van der Waals surface area contributed by atoms with Gasteiger partial charge in [-0.1, -0.05) is 13.3 Å². The van der Waals surface area contributed by atoms with Crippen molar-refractivity contribution in [2.75, 3.05) is 0 Å². The first-order valence-corrected chi connectivity index (χ1v) is 7.82. The highest BCUT2D eigenvalue weighted by atomic mass is 16.4. The van der Waals surface area contributed by atoms with Crippen molar-refractivity contribution in [3.8, 4) is 0 Å². The number of carboxylic acid groups (broad SMARTS) is 1. The molecule has 0 aliphatic heterocycles. The third-order valence-electron chi connectivity index (χ3n) is 6.22. The highest BCUT2D eigenvalue weighted by Crippen LogP contribution is 2.54. The molecule has 3 rings (SSSR count). The van der Waals surface area contributed by atoms with Gasteiger partial charge < -0.3 is 5.11 Å². The van der Waals surface area contributed by atoms with Crippen LogP contribution in [0.3, 0.4) is 0 Å². The van der Waals surface area contributed by atoms with E-state index in [4.69, 9.17) is 0 Å². The number of fused-ring (bicyclic) bond motifs is 2. The van der Waals surface area contributed by atoms with E-state index in [-0.39, 0.29) is 5.41 Å². The fourth-order valence-corrected chi connectivity index (χ4v) is 4.95. The largest absolute Gasteiger partial charge is 0.481 e. The van der Waals surface area contributed by atoms with Gasteiger partial charge in [0.15, 0.2) is 0 Å². The summed E-state index contributed by atoms with van der Waals surface area (Å²) in [6.45, 7) is 2.27. The highest BCUT2D eigenvalue weighted by Gasteiger charge is 2.47. The van der Waals surface area contributed by atoms with Crippen molar-refractivity contribution < 1.29 is 9.90 Å². The second-order valence-electron chi connectivity index (χ2n) is 7.41. The van der Waals surface area contributed by atoms with Crippen molar-refractivity contribution in [3.63, 3.8) is 0 Å². The summed E-state index contributed by atoms with van der Waals surface area (Å²) in [5, 5.41) is 9.71. The van der Waals surface area contributed by atoms with E-state index in [0.717, 1.165) is 55.8 Å². The van der Waals surface area contributed by atoms with Gasteiger partial charge in [0.2, 0.25) is 0 Å². The summed E-state index contributed by atoms with van der Waals surface area (Å²) in [5.74, 6) is 2.77. The van der Waals surface area contributed by atoms with Crippen LogP contribution in [0.4, 0.5) is 0 Å². The molecule has 0 spiro atoms. The first kappa shape index (κ1) is 12.5. The Balaban J connectivity index is 1.69. The van der Waals surface area contributed by atoms with Crippen LogP contribution in [-0.2, 0) is 4.79 Å². The van der Waals surface area contributed by atoms with Gasteiger partial charge in [-0.05, 0) is 75.0 Å². The van der Waals surface area contributed by atoms with E-state index in [2.05, 4.69) is 6.92 Å². The van der Waals surface area contributed by atoms with Gasteiger partial charge in [-0.15, -0.1) is 0 Å². The van der Waals surface area contributed by atoms with Gasteiger partial charge >= 0.3 is 5.97 Å². The highest BCUT2D eigenvalue weighted by molar-refractivity contribution is 5.74. The zero-order valence-electron chi connectivity index (χ0n) is 11.5. The molecule has 0 heterocycles. The average molecular weight is 250 g/mol. The average Bonchev–Trinajstić information content (AvgIpc) is 2.94. The number of carbonyl (C=O) groups is 1. The van der Waals surface area contributed by atoms with Crippen LogP contribution in [0, 0.1) is 29.1 Å². The van der Waals surface area contributed by atoms with Crippen LogP contribution in [0.2, 0.25) is 0 Å². The van der Waals surface area contributed by atoms with E-state index >= 15 is 0 Å². The van der Waals surface area contributed by atoms with E-state index < -0.39 is 5.97 Å².